The molecule has 0 radical (unpaired) electrons. The lowest BCUT2D eigenvalue weighted by molar-refractivity contribution is 0.377. The molecule has 0 heterocycles. The molecule has 2 fully saturated rings. The number of unbranched alkanes of at least 4 members (excludes halogenated alkanes) is 4. The fourth-order valence-corrected chi connectivity index (χ4v) is 3.83. The predicted molar refractivity (Wildman–Crippen MR) is 68.8 cm³/mol. The van der Waals surface area contributed by atoms with Crippen LogP contribution in [0.15, 0.2) is 0 Å². The molecule has 3 N–H and O–H groups in total. The second kappa shape index (κ2) is 6.02. The largest absolute Gasteiger partial charge is 0.271 e. The molecule has 2 aliphatic rings. The third-order valence-electron chi connectivity index (χ3n) is 4.77. The normalized spacial score (nSPS) is 33.8. The summed E-state index contributed by atoms with van der Waals surface area (Å²) >= 11 is 0. The van der Waals surface area contributed by atoms with Crippen molar-refractivity contribution in [3.05, 3.63) is 0 Å². The maximum Gasteiger partial charge on any atom is 0.0244 e. The zero-order valence-electron chi connectivity index (χ0n) is 10.8. The van der Waals surface area contributed by atoms with E-state index in [0.29, 0.717) is 6.04 Å². The molecule has 2 rings (SSSR count). The highest BCUT2D eigenvalue weighted by molar-refractivity contribution is 5.05. The van der Waals surface area contributed by atoms with Crippen molar-refractivity contribution in [3.8, 4) is 0 Å². The molecule has 16 heavy (non-hydrogen) atoms. The third kappa shape index (κ3) is 2.78. The summed E-state index contributed by atoms with van der Waals surface area (Å²) in [5.41, 5.74) is 3.08. The van der Waals surface area contributed by atoms with Crippen LogP contribution in [0.3, 0.4) is 0 Å². The number of hydrazine groups is 1. The van der Waals surface area contributed by atoms with Crippen LogP contribution in [0.25, 0.3) is 0 Å². The van der Waals surface area contributed by atoms with Crippen LogP contribution in [0.2, 0.25) is 0 Å². The molecule has 0 bridgehead atoms. The summed E-state index contributed by atoms with van der Waals surface area (Å²) in [6, 6.07) is 0.622. The molecule has 3 unspecified atom stereocenters. The molecule has 0 aromatic rings. The van der Waals surface area contributed by atoms with Gasteiger partial charge in [-0.3, -0.25) is 11.3 Å². The molecule has 0 amide bonds. The lowest BCUT2D eigenvalue weighted by Gasteiger charge is -2.17. The number of rotatable bonds is 8. The molecule has 2 nitrogen and oxygen atoms in total. The number of nitrogens with two attached hydrogens (primary N) is 1. The third-order valence-corrected chi connectivity index (χ3v) is 4.77. The van der Waals surface area contributed by atoms with Gasteiger partial charge < -0.3 is 0 Å². The van der Waals surface area contributed by atoms with Crippen LogP contribution < -0.4 is 11.3 Å². The molecule has 2 heteroatoms. The Labute approximate surface area is 100 Å². The fraction of sp³-hybridized carbons (Fsp3) is 1.00. The minimum absolute atomic E-state index is 0.622. The van der Waals surface area contributed by atoms with Gasteiger partial charge in [0.15, 0.2) is 0 Å². The fourth-order valence-electron chi connectivity index (χ4n) is 3.83. The average Bonchev–Trinajstić information content (AvgIpc) is 2.77. The zero-order valence-corrected chi connectivity index (χ0v) is 10.8. The standard InChI is InChI=1S/C14H28N2/c1-2-3-4-5-6-10-13(16-15)14-11-8-7-9-12(11)14/h11-14,16H,2-10,15H2,1H3. The Morgan fingerprint density at radius 2 is 1.81 bits per heavy atom. The first kappa shape index (κ1) is 12.4. The number of fused-ring (bicyclic) bond motifs is 1. The molecule has 0 aromatic carbocycles. The van der Waals surface area contributed by atoms with Crippen molar-refractivity contribution in [1.29, 1.82) is 0 Å². The molecule has 0 aromatic heterocycles. The minimum Gasteiger partial charge on any atom is -0.271 e. The van der Waals surface area contributed by atoms with Crippen molar-refractivity contribution in [2.45, 2.75) is 70.8 Å². The van der Waals surface area contributed by atoms with Crippen LogP contribution in [0.5, 0.6) is 0 Å². The van der Waals surface area contributed by atoms with Gasteiger partial charge in [-0.15, -0.1) is 0 Å². The van der Waals surface area contributed by atoms with E-state index in [1.807, 2.05) is 0 Å². The van der Waals surface area contributed by atoms with Crippen molar-refractivity contribution < 1.29 is 0 Å². The smallest absolute Gasteiger partial charge is 0.0244 e. The van der Waals surface area contributed by atoms with E-state index in [2.05, 4.69) is 12.3 Å². The molecule has 2 saturated carbocycles. The number of hydrogen-bond acceptors (Lipinski definition) is 2. The SMILES string of the molecule is CCCCCCCC(NN)C1C2CCCC21. The predicted octanol–water partition coefficient (Wildman–Crippen LogP) is 3.22. The van der Waals surface area contributed by atoms with Gasteiger partial charge in [0.2, 0.25) is 0 Å². The van der Waals surface area contributed by atoms with E-state index in [9.17, 15) is 0 Å². The Morgan fingerprint density at radius 1 is 1.12 bits per heavy atom. The summed E-state index contributed by atoms with van der Waals surface area (Å²) in [7, 11) is 0. The molecular weight excluding hydrogens is 196 g/mol. The highest BCUT2D eigenvalue weighted by Gasteiger charge is 2.55. The van der Waals surface area contributed by atoms with Crippen molar-refractivity contribution >= 4 is 0 Å². The van der Waals surface area contributed by atoms with Gasteiger partial charge in [0.25, 0.3) is 0 Å². The van der Waals surface area contributed by atoms with Crippen LogP contribution in [-0.4, -0.2) is 6.04 Å². The topological polar surface area (TPSA) is 38.0 Å². The van der Waals surface area contributed by atoms with E-state index in [4.69, 9.17) is 5.84 Å². The molecule has 0 spiro atoms. The Hall–Kier alpha value is -0.0800. The summed E-state index contributed by atoms with van der Waals surface area (Å²) in [6.07, 6.45) is 12.6. The van der Waals surface area contributed by atoms with Crippen LogP contribution >= 0.6 is 0 Å². The van der Waals surface area contributed by atoms with E-state index in [1.165, 1.54) is 57.8 Å². The van der Waals surface area contributed by atoms with Gasteiger partial charge in [0.1, 0.15) is 0 Å². The second-order valence-corrected chi connectivity index (χ2v) is 5.81. The Bertz CT molecular complexity index is 195. The van der Waals surface area contributed by atoms with E-state index in [1.54, 1.807) is 0 Å². The molecule has 3 atom stereocenters. The molecule has 94 valence electrons. The van der Waals surface area contributed by atoms with Gasteiger partial charge in [-0.1, -0.05) is 45.4 Å². The van der Waals surface area contributed by atoms with E-state index < -0.39 is 0 Å². The maximum absolute atomic E-state index is 5.71. The highest BCUT2D eigenvalue weighted by atomic mass is 15.2. The molecule has 2 aliphatic carbocycles. The van der Waals surface area contributed by atoms with Crippen LogP contribution in [0.4, 0.5) is 0 Å². The van der Waals surface area contributed by atoms with E-state index in [0.717, 1.165) is 17.8 Å². The summed E-state index contributed by atoms with van der Waals surface area (Å²) in [6.45, 7) is 2.27. The van der Waals surface area contributed by atoms with Crippen molar-refractivity contribution in [3.63, 3.8) is 0 Å². The molecular formula is C14H28N2. The monoisotopic (exact) mass is 224 g/mol. The lowest BCUT2D eigenvalue weighted by atomic mass is 9.98. The van der Waals surface area contributed by atoms with Crippen molar-refractivity contribution in [1.82, 2.24) is 5.43 Å². The first-order chi connectivity index (χ1) is 7.88. The maximum atomic E-state index is 5.71. The van der Waals surface area contributed by atoms with Crippen LogP contribution in [0, 0.1) is 17.8 Å². The number of nitrogens with one attached hydrogen (secondary N) is 1. The Balaban J connectivity index is 1.59. The van der Waals surface area contributed by atoms with Gasteiger partial charge in [0.05, 0.1) is 0 Å². The summed E-state index contributed by atoms with van der Waals surface area (Å²) in [5.74, 6) is 8.72. The molecule has 0 saturated heterocycles. The average molecular weight is 224 g/mol. The lowest BCUT2D eigenvalue weighted by Crippen LogP contribution is -2.38. The number of hydrogen-bond donors (Lipinski definition) is 2. The van der Waals surface area contributed by atoms with Crippen molar-refractivity contribution in [2.75, 3.05) is 0 Å². The second-order valence-electron chi connectivity index (χ2n) is 5.81. The van der Waals surface area contributed by atoms with E-state index >= 15 is 0 Å². The quantitative estimate of drug-likeness (QED) is 0.377. The van der Waals surface area contributed by atoms with Crippen LogP contribution in [0.1, 0.15) is 64.7 Å². The van der Waals surface area contributed by atoms with Crippen molar-refractivity contribution in [2.24, 2.45) is 23.6 Å². The first-order valence-electron chi connectivity index (χ1n) is 7.34. The van der Waals surface area contributed by atoms with Gasteiger partial charge >= 0.3 is 0 Å². The van der Waals surface area contributed by atoms with Gasteiger partial charge in [-0.05, 0) is 37.0 Å². The van der Waals surface area contributed by atoms with Gasteiger partial charge in [-0.25, -0.2) is 0 Å². The minimum atomic E-state index is 0.622. The first-order valence-corrected chi connectivity index (χ1v) is 7.34. The summed E-state index contributed by atoms with van der Waals surface area (Å²) < 4.78 is 0. The Morgan fingerprint density at radius 3 is 2.44 bits per heavy atom. The highest BCUT2D eigenvalue weighted by Crippen LogP contribution is 2.59. The Kier molecular flexibility index (Phi) is 4.66. The van der Waals surface area contributed by atoms with Crippen LogP contribution in [-0.2, 0) is 0 Å². The summed E-state index contributed by atoms with van der Waals surface area (Å²) in [5, 5.41) is 0. The van der Waals surface area contributed by atoms with Gasteiger partial charge in [0, 0.05) is 6.04 Å². The zero-order chi connectivity index (χ0) is 11.4. The van der Waals surface area contributed by atoms with E-state index in [-0.39, 0.29) is 0 Å². The summed E-state index contributed by atoms with van der Waals surface area (Å²) in [4.78, 5) is 0. The van der Waals surface area contributed by atoms with Gasteiger partial charge in [-0.2, -0.15) is 0 Å². The molecule has 0 aliphatic heterocycles.